The number of carbonyl (C=O) groups excluding carboxylic acids is 2. The van der Waals surface area contributed by atoms with Crippen LogP contribution in [0.4, 0.5) is 18.9 Å². The number of halogens is 4. The van der Waals surface area contributed by atoms with Gasteiger partial charge in [-0.2, -0.15) is 18.3 Å². The molecule has 0 saturated heterocycles. The smallest absolute Gasteiger partial charge is 0.332 e. The maximum Gasteiger partial charge on any atom is 0.418 e. The number of nitrogens with one attached hydrogen (secondary N) is 1. The molecule has 1 N–H and O–H groups in total. The van der Waals surface area contributed by atoms with Crippen molar-refractivity contribution in [2.24, 2.45) is 7.05 Å². The van der Waals surface area contributed by atoms with Crippen LogP contribution >= 0.6 is 11.6 Å². The molecule has 2 amide bonds. The Hall–Kier alpha value is -2.55. The molecule has 0 aliphatic heterocycles. The minimum Gasteiger partial charge on any atom is -0.332 e. The van der Waals surface area contributed by atoms with Crippen LogP contribution in [0.1, 0.15) is 21.6 Å². The average Bonchev–Trinajstić information content (AvgIpc) is 2.78. The van der Waals surface area contributed by atoms with Gasteiger partial charge in [0.25, 0.3) is 5.91 Å². The number of alkyl halides is 3. The monoisotopic (exact) mass is 388 g/mol. The van der Waals surface area contributed by atoms with Crippen LogP contribution in [0.25, 0.3) is 0 Å². The van der Waals surface area contributed by atoms with Crippen molar-refractivity contribution in [2.45, 2.75) is 13.1 Å². The number of para-hydroxylation sites is 1. The third-order valence-electron chi connectivity index (χ3n) is 3.60. The minimum atomic E-state index is -4.61. The number of benzene rings is 1. The third kappa shape index (κ3) is 4.16. The SMILES string of the molecule is Cc1nn(C)c(Cl)c1C(=O)N(C)CC(=O)Nc1ccccc1C(F)(F)F. The number of hydrogen-bond donors (Lipinski definition) is 1. The number of anilines is 1. The van der Waals surface area contributed by atoms with Crippen LogP contribution < -0.4 is 5.32 Å². The van der Waals surface area contributed by atoms with Crippen molar-refractivity contribution >= 4 is 29.1 Å². The number of likely N-dealkylation sites (N-methyl/N-ethyl adjacent to an activating group) is 1. The lowest BCUT2D eigenvalue weighted by Crippen LogP contribution is -2.35. The molecule has 0 unspecified atom stereocenters. The van der Waals surface area contributed by atoms with E-state index in [9.17, 15) is 22.8 Å². The van der Waals surface area contributed by atoms with E-state index in [4.69, 9.17) is 11.6 Å². The average molecular weight is 389 g/mol. The Balaban J connectivity index is 2.12. The lowest BCUT2D eigenvalue weighted by Gasteiger charge is -2.18. The van der Waals surface area contributed by atoms with Crippen LogP contribution in [0.5, 0.6) is 0 Å². The number of amides is 2. The molecule has 2 aromatic rings. The Kier molecular flexibility index (Phi) is 5.60. The number of nitrogens with zero attached hydrogens (tertiary/aromatic N) is 3. The summed E-state index contributed by atoms with van der Waals surface area (Å²) in [5, 5.41) is 6.31. The summed E-state index contributed by atoms with van der Waals surface area (Å²) >= 11 is 6.02. The van der Waals surface area contributed by atoms with Crippen molar-refractivity contribution in [1.82, 2.24) is 14.7 Å². The van der Waals surface area contributed by atoms with Gasteiger partial charge >= 0.3 is 6.18 Å². The van der Waals surface area contributed by atoms with E-state index in [1.165, 1.54) is 23.9 Å². The Morgan fingerprint density at radius 1 is 1.31 bits per heavy atom. The van der Waals surface area contributed by atoms with E-state index in [0.717, 1.165) is 17.0 Å². The lowest BCUT2D eigenvalue weighted by molar-refractivity contribution is -0.137. The molecule has 0 spiro atoms. The second-order valence-corrected chi connectivity index (χ2v) is 5.99. The molecule has 1 aromatic heterocycles. The van der Waals surface area contributed by atoms with Gasteiger partial charge in [0.1, 0.15) is 5.15 Å². The maximum absolute atomic E-state index is 13.0. The Morgan fingerprint density at radius 2 is 1.92 bits per heavy atom. The van der Waals surface area contributed by atoms with E-state index in [1.807, 2.05) is 0 Å². The molecule has 6 nitrogen and oxygen atoms in total. The van der Waals surface area contributed by atoms with Crippen LogP contribution in [-0.2, 0) is 18.0 Å². The van der Waals surface area contributed by atoms with Crippen LogP contribution in [0.15, 0.2) is 24.3 Å². The van der Waals surface area contributed by atoms with Crippen LogP contribution in [0, 0.1) is 6.92 Å². The summed E-state index contributed by atoms with van der Waals surface area (Å²) in [6.45, 7) is 1.14. The van der Waals surface area contributed by atoms with E-state index in [-0.39, 0.29) is 16.4 Å². The maximum atomic E-state index is 13.0. The fourth-order valence-electron chi connectivity index (χ4n) is 2.38. The van der Waals surface area contributed by atoms with E-state index >= 15 is 0 Å². The van der Waals surface area contributed by atoms with Gasteiger partial charge in [-0.05, 0) is 19.1 Å². The highest BCUT2D eigenvalue weighted by Gasteiger charge is 2.33. The summed E-state index contributed by atoms with van der Waals surface area (Å²) in [5.74, 6) is -1.32. The van der Waals surface area contributed by atoms with Gasteiger partial charge in [-0.15, -0.1) is 0 Å². The third-order valence-corrected chi connectivity index (χ3v) is 4.03. The molecule has 1 heterocycles. The summed E-state index contributed by atoms with van der Waals surface area (Å²) in [7, 11) is 2.91. The Morgan fingerprint density at radius 3 is 2.46 bits per heavy atom. The molecule has 0 radical (unpaired) electrons. The second kappa shape index (κ2) is 7.36. The van der Waals surface area contributed by atoms with E-state index in [1.54, 1.807) is 14.0 Å². The normalized spacial score (nSPS) is 11.3. The van der Waals surface area contributed by atoms with Gasteiger partial charge in [0.15, 0.2) is 0 Å². The highest BCUT2D eigenvalue weighted by Crippen LogP contribution is 2.34. The topological polar surface area (TPSA) is 67.2 Å². The van der Waals surface area contributed by atoms with Gasteiger partial charge in [0, 0.05) is 14.1 Å². The Bertz CT molecular complexity index is 849. The quantitative estimate of drug-likeness (QED) is 0.875. The van der Waals surface area contributed by atoms with Gasteiger partial charge in [-0.25, -0.2) is 0 Å². The first-order valence-corrected chi connectivity index (χ1v) is 7.80. The van der Waals surface area contributed by atoms with Gasteiger partial charge in [-0.3, -0.25) is 14.3 Å². The molecule has 10 heteroatoms. The van der Waals surface area contributed by atoms with Gasteiger partial charge in [0.2, 0.25) is 5.91 Å². The fourth-order valence-corrected chi connectivity index (χ4v) is 2.64. The van der Waals surface area contributed by atoms with Crippen LogP contribution in [-0.4, -0.2) is 40.1 Å². The molecule has 1 aromatic carbocycles. The molecule has 2 rings (SSSR count). The first-order chi connectivity index (χ1) is 12.0. The van der Waals surface area contributed by atoms with Gasteiger partial charge in [-0.1, -0.05) is 23.7 Å². The van der Waals surface area contributed by atoms with Gasteiger partial charge < -0.3 is 10.2 Å². The standard InChI is InChI=1S/C16H16ClF3N4O2/c1-9-13(14(17)24(3)22-9)15(26)23(2)8-12(25)21-11-7-5-4-6-10(11)16(18,19)20/h4-7H,8H2,1-3H3,(H,21,25). The van der Waals surface area contributed by atoms with Gasteiger partial charge in [0.05, 0.1) is 29.1 Å². The lowest BCUT2D eigenvalue weighted by atomic mass is 10.1. The largest absolute Gasteiger partial charge is 0.418 e. The minimum absolute atomic E-state index is 0.113. The molecule has 0 bridgehead atoms. The molecule has 26 heavy (non-hydrogen) atoms. The molecule has 0 aliphatic carbocycles. The van der Waals surface area contributed by atoms with Crippen molar-refractivity contribution in [3.05, 3.63) is 46.2 Å². The van der Waals surface area contributed by atoms with Crippen LogP contribution in [0.3, 0.4) is 0 Å². The molecular formula is C16H16ClF3N4O2. The predicted octanol–water partition coefficient (Wildman–Crippen LogP) is 3.11. The zero-order valence-corrected chi connectivity index (χ0v) is 14.9. The zero-order chi connectivity index (χ0) is 19.6. The summed E-state index contributed by atoms with van der Waals surface area (Å²) in [4.78, 5) is 25.6. The Labute approximate surface area is 152 Å². The van der Waals surface area contributed by atoms with Crippen molar-refractivity contribution in [3.8, 4) is 0 Å². The second-order valence-electron chi connectivity index (χ2n) is 5.63. The molecule has 0 fully saturated rings. The number of aromatic nitrogens is 2. The summed E-state index contributed by atoms with van der Waals surface area (Å²) in [6.07, 6.45) is -4.61. The molecule has 0 aliphatic rings. The summed E-state index contributed by atoms with van der Waals surface area (Å²) in [5.41, 5.74) is -0.813. The summed E-state index contributed by atoms with van der Waals surface area (Å²) in [6, 6.07) is 4.60. The number of rotatable bonds is 4. The first-order valence-electron chi connectivity index (χ1n) is 7.43. The number of carbonyl (C=O) groups is 2. The van der Waals surface area contributed by atoms with E-state index < -0.39 is 30.1 Å². The highest BCUT2D eigenvalue weighted by molar-refractivity contribution is 6.33. The van der Waals surface area contributed by atoms with Crippen molar-refractivity contribution in [1.29, 1.82) is 0 Å². The van der Waals surface area contributed by atoms with E-state index in [0.29, 0.717) is 5.69 Å². The number of hydrogen-bond acceptors (Lipinski definition) is 3. The summed E-state index contributed by atoms with van der Waals surface area (Å²) < 4.78 is 40.2. The predicted molar refractivity (Wildman–Crippen MR) is 90.0 cm³/mol. The van der Waals surface area contributed by atoms with E-state index in [2.05, 4.69) is 10.4 Å². The first kappa shape index (κ1) is 19.8. The number of aryl methyl sites for hydroxylation is 2. The van der Waals surface area contributed by atoms with Crippen molar-refractivity contribution in [2.75, 3.05) is 18.9 Å². The molecular weight excluding hydrogens is 373 g/mol. The zero-order valence-electron chi connectivity index (χ0n) is 14.2. The van der Waals surface area contributed by atoms with Crippen molar-refractivity contribution < 1.29 is 22.8 Å². The van der Waals surface area contributed by atoms with Crippen molar-refractivity contribution in [3.63, 3.8) is 0 Å². The molecule has 0 saturated carbocycles. The molecule has 0 atom stereocenters. The molecule has 140 valence electrons. The fraction of sp³-hybridized carbons (Fsp3) is 0.312. The van der Waals surface area contributed by atoms with Crippen LogP contribution in [0.2, 0.25) is 5.15 Å². The highest BCUT2D eigenvalue weighted by atomic mass is 35.5.